The summed E-state index contributed by atoms with van der Waals surface area (Å²) in [4.78, 5) is 13.7. The van der Waals surface area contributed by atoms with Crippen LogP contribution in [-0.4, -0.2) is 12.6 Å². The second-order valence-corrected chi connectivity index (χ2v) is 3.14. The zero-order valence-electron chi connectivity index (χ0n) is 9.64. The smallest absolute Gasteiger partial charge is 0.449 e. The summed E-state index contributed by atoms with van der Waals surface area (Å²) in [6.07, 6.45) is -3.76. The van der Waals surface area contributed by atoms with Crippen molar-refractivity contribution < 1.29 is 27.1 Å². The Hall–Kier alpha value is -2.41. The Morgan fingerprint density at radius 1 is 1.58 bits per heavy atom. The molecule has 0 aliphatic rings. The number of halogens is 3. The maximum Gasteiger partial charge on any atom is 0.449 e. The molecule has 0 amide bonds. The van der Waals surface area contributed by atoms with Gasteiger partial charge in [-0.3, -0.25) is 0 Å². The summed E-state index contributed by atoms with van der Waals surface area (Å²) in [7, 11) is 0. The maximum atomic E-state index is 12.3. The molecule has 19 heavy (non-hydrogen) atoms. The molecule has 0 aromatic carbocycles. The molecule has 1 rings (SSSR count). The number of nitrogens with zero attached hydrogens (tertiary/aromatic N) is 3. The molecule has 0 spiro atoms. The number of ether oxygens (including phenoxy) is 1. The molecule has 0 saturated heterocycles. The highest BCUT2D eigenvalue weighted by Gasteiger charge is 2.34. The average Bonchev–Trinajstić information content (AvgIpc) is 2.77. The fourth-order valence-electron chi connectivity index (χ4n) is 1.10. The van der Waals surface area contributed by atoms with Crippen molar-refractivity contribution in [3.8, 4) is 0 Å². The van der Waals surface area contributed by atoms with Crippen LogP contribution >= 0.6 is 0 Å². The van der Waals surface area contributed by atoms with Crippen molar-refractivity contribution >= 4 is 12.0 Å². The third kappa shape index (κ3) is 4.07. The van der Waals surface area contributed by atoms with Gasteiger partial charge >= 0.3 is 12.1 Å². The topological polar surface area (TPSA) is 88.2 Å². The molecule has 0 fully saturated rings. The summed E-state index contributed by atoms with van der Waals surface area (Å²) in [5, 5.41) is 3.04. The minimum absolute atomic E-state index is 0.0308. The molecule has 0 atom stereocenters. The van der Waals surface area contributed by atoms with Crippen LogP contribution in [-0.2, 0) is 15.7 Å². The van der Waals surface area contributed by atoms with Crippen molar-refractivity contribution in [3.63, 3.8) is 0 Å². The third-order valence-electron chi connectivity index (χ3n) is 1.82. The van der Waals surface area contributed by atoms with Crippen LogP contribution in [0.2, 0.25) is 0 Å². The van der Waals surface area contributed by atoms with E-state index in [1.54, 1.807) is 0 Å². The minimum Gasteiger partial charge on any atom is -0.462 e. The molecule has 1 heterocycles. The van der Waals surface area contributed by atoms with Crippen LogP contribution < -0.4 is 0 Å². The van der Waals surface area contributed by atoms with E-state index in [9.17, 15) is 18.0 Å². The summed E-state index contributed by atoms with van der Waals surface area (Å²) in [6.45, 7) is 1.56. The number of hydrogen-bond donors (Lipinski definition) is 0. The summed E-state index contributed by atoms with van der Waals surface area (Å²) < 4.78 is 45.9. The Morgan fingerprint density at radius 2 is 2.26 bits per heavy atom. The van der Waals surface area contributed by atoms with E-state index in [4.69, 9.17) is 5.53 Å². The number of alkyl halides is 3. The van der Waals surface area contributed by atoms with Gasteiger partial charge in [0.1, 0.15) is 11.5 Å². The predicted molar refractivity (Wildman–Crippen MR) is 57.5 cm³/mol. The highest BCUT2D eigenvalue weighted by Crippen LogP contribution is 2.31. The van der Waals surface area contributed by atoms with Gasteiger partial charge in [-0.25, -0.2) is 4.79 Å². The van der Waals surface area contributed by atoms with Gasteiger partial charge in [-0.1, -0.05) is 5.11 Å². The standard InChI is InChI=1S/C10H8F3N3O3/c1-2-18-9(17)7(15-16-14)5-6-3-4-8(19-6)10(11,12)13/h3-5H,2H2,1H3. The lowest BCUT2D eigenvalue weighted by atomic mass is 10.3. The molecular formula is C10H8F3N3O3. The van der Waals surface area contributed by atoms with Crippen molar-refractivity contribution in [1.82, 2.24) is 0 Å². The number of esters is 1. The molecule has 1 aromatic heterocycles. The van der Waals surface area contributed by atoms with E-state index in [1.165, 1.54) is 6.92 Å². The van der Waals surface area contributed by atoms with E-state index in [-0.39, 0.29) is 12.4 Å². The largest absolute Gasteiger partial charge is 0.462 e. The fourth-order valence-corrected chi connectivity index (χ4v) is 1.10. The molecular weight excluding hydrogens is 267 g/mol. The molecule has 0 aliphatic carbocycles. The van der Waals surface area contributed by atoms with Crippen molar-refractivity contribution in [1.29, 1.82) is 0 Å². The van der Waals surface area contributed by atoms with Crippen LogP contribution in [0.4, 0.5) is 13.2 Å². The molecule has 1 aromatic rings. The first-order valence-electron chi connectivity index (χ1n) is 4.99. The van der Waals surface area contributed by atoms with Gasteiger partial charge in [-0.15, -0.1) is 0 Å². The molecule has 0 aliphatic heterocycles. The lowest BCUT2D eigenvalue weighted by molar-refractivity contribution is -0.153. The van der Waals surface area contributed by atoms with E-state index < -0.39 is 23.6 Å². The molecule has 0 unspecified atom stereocenters. The van der Waals surface area contributed by atoms with Crippen LogP contribution in [0.25, 0.3) is 16.5 Å². The highest BCUT2D eigenvalue weighted by molar-refractivity contribution is 5.92. The van der Waals surface area contributed by atoms with Gasteiger partial charge in [-0.2, -0.15) is 13.2 Å². The first kappa shape index (κ1) is 14.7. The second kappa shape index (κ2) is 5.96. The SMILES string of the molecule is CCOC(=O)C(=Cc1ccc(C(F)(F)F)o1)N=[N+]=[N-]. The number of hydrogen-bond acceptors (Lipinski definition) is 4. The molecule has 102 valence electrons. The van der Waals surface area contributed by atoms with Crippen molar-refractivity contribution in [2.24, 2.45) is 5.11 Å². The quantitative estimate of drug-likeness (QED) is 0.277. The first-order valence-corrected chi connectivity index (χ1v) is 4.99. The Balaban J connectivity index is 3.06. The summed E-state index contributed by atoms with van der Waals surface area (Å²) >= 11 is 0. The number of azide groups is 1. The van der Waals surface area contributed by atoms with Crippen molar-refractivity contribution in [3.05, 3.63) is 39.8 Å². The van der Waals surface area contributed by atoms with Gasteiger partial charge in [0.2, 0.25) is 5.76 Å². The zero-order valence-corrected chi connectivity index (χ0v) is 9.64. The van der Waals surface area contributed by atoms with Crippen LogP contribution in [0, 0.1) is 0 Å². The number of carbonyl (C=O) groups excluding carboxylic acids is 1. The van der Waals surface area contributed by atoms with Gasteiger partial charge in [0, 0.05) is 4.91 Å². The molecule has 0 N–H and O–H groups in total. The first-order chi connectivity index (χ1) is 8.88. The van der Waals surface area contributed by atoms with Gasteiger partial charge in [0.25, 0.3) is 0 Å². The summed E-state index contributed by atoms with van der Waals surface area (Å²) in [6, 6.07) is 1.69. The van der Waals surface area contributed by atoms with Crippen molar-refractivity contribution in [2.75, 3.05) is 6.61 Å². The number of carbonyl (C=O) groups is 1. The maximum absolute atomic E-state index is 12.3. The van der Waals surface area contributed by atoms with E-state index in [0.717, 1.165) is 12.1 Å². The Bertz CT molecular complexity index is 542. The summed E-state index contributed by atoms with van der Waals surface area (Å²) in [5.41, 5.74) is 7.77. The second-order valence-electron chi connectivity index (χ2n) is 3.14. The van der Waals surface area contributed by atoms with Crippen LogP contribution in [0.1, 0.15) is 18.4 Å². The van der Waals surface area contributed by atoms with Gasteiger partial charge < -0.3 is 9.15 Å². The Morgan fingerprint density at radius 3 is 2.74 bits per heavy atom. The van der Waals surface area contributed by atoms with E-state index in [0.29, 0.717) is 6.07 Å². The number of furan rings is 1. The van der Waals surface area contributed by atoms with E-state index in [1.807, 2.05) is 0 Å². The summed E-state index contributed by atoms with van der Waals surface area (Å²) in [5.74, 6) is -2.45. The average molecular weight is 275 g/mol. The molecule has 6 nitrogen and oxygen atoms in total. The van der Waals surface area contributed by atoms with E-state index in [2.05, 4.69) is 19.2 Å². The van der Waals surface area contributed by atoms with Crippen LogP contribution in [0.3, 0.4) is 0 Å². The Kier molecular flexibility index (Phi) is 4.60. The predicted octanol–water partition coefficient (Wildman–Crippen LogP) is 3.51. The molecule has 0 radical (unpaired) electrons. The molecule has 9 heteroatoms. The Labute approximate surface area is 105 Å². The molecule has 0 saturated carbocycles. The lowest BCUT2D eigenvalue weighted by Crippen LogP contribution is -2.05. The lowest BCUT2D eigenvalue weighted by Gasteiger charge is -2.01. The fraction of sp³-hybridized carbons (Fsp3) is 0.300. The normalized spacial score (nSPS) is 11.9. The van der Waals surface area contributed by atoms with Gasteiger partial charge in [0.15, 0.2) is 0 Å². The van der Waals surface area contributed by atoms with Gasteiger partial charge in [0.05, 0.1) is 6.61 Å². The third-order valence-corrected chi connectivity index (χ3v) is 1.82. The monoisotopic (exact) mass is 275 g/mol. The van der Waals surface area contributed by atoms with Gasteiger partial charge in [-0.05, 0) is 30.7 Å². The minimum atomic E-state index is -4.63. The highest BCUT2D eigenvalue weighted by atomic mass is 19.4. The van der Waals surface area contributed by atoms with Crippen LogP contribution in [0.5, 0.6) is 0 Å². The van der Waals surface area contributed by atoms with Crippen molar-refractivity contribution in [2.45, 2.75) is 13.1 Å². The van der Waals surface area contributed by atoms with E-state index >= 15 is 0 Å². The number of rotatable bonds is 4. The molecule has 0 bridgehead atoms. The zero-order chi connectivity index (χ0) is 14.5. The van der Waals surface area contributed by atoms with Crippen LogP contribution in [0.15, 0.2) is 27.4 Å².